The van der Waals surface area contributed by atoms with Crippen molar-refractivity contribution in [3.63, 3.8) is 0 Å². The van der Waals surface area contributed by atoms with Crippen LogP contribution in [-0.2, 0) is 10.0 Å². The Bertz CT molecular complexity index is 686. The molecule has 148 valence electrons. The summed E-state index contributed by atoms with van der Waals surface area (Å²) in [5, 5.41) is 3.29. The molecule has 1 aromatic rings. The zero-order valence-electron chi connectivity index (χ0n) is 15.9. The first-order valence-electron chi connectivity index (χ1n) is 8.88. The fourth-order valence-corrected chi connectivity index (χ4v) is 4.34. The molecule has 26 heavy (non-hydrogen) atoms. The number of carbonyl (C=O) groups excluding carboxylic acids is 1. The fourth-order valence-electron chi connectivity index (χ4n) is 2.98. The highest BCUT2D eigenvalue weighted by molar-refractivity contribution is 7.89. The molecule has 1 N–H and O–H groups in total. The molecule has 1 saturated heterocycles. The number of nitrogens with one attached hydrogen (secondary N) is 1. The highest BCUT2D eigenvalue weighted by Crippen LogP contribution is 2.19. The average Bonchev–Trinajstić information content (AvgIpc) is 3.12. The van der Waals surface area contributed by atoms with E-state index in [0.29, 0.717) is 12.1 Å². The Morgan fingerprint density at radius 3 is 2.35 bits per heavy atom. The maximum absolute atomic E-state index is 12.9. The standard InChI is InChI=1S/C18H29N3O3S.ClH/c1-5-12-21(16-10-11-19-13-16)18(22)15-6-8-17(9-7-15)25(23,24)20(4)14(2)3;/h6-9,14,16,19H,5,10-13H2,1-4H3;1H. The number of amides is 1. The Hall–Kier alpha value is -1.15. The molecule has 1 heterocycles. The Morgan fingerprint density at radius 1 is 1.27 bits per heavy atom. The third kappa shape index (κ3) is 4.97. The van der Waals surface area contributed by atoms with Gasteiger partial charge < -0.3 is 10.2 Å². The first kappa shape index (κ1) is 22.9. The fraction of sp³-hybridized carbons (Fsp3) is 0.611. The van der Waals surface area contributed by atoms with Crippen LogP contribution >= 0.6 is 12.4 Å². The van der Waals surface area contributed by atoms with Gasteiger partial charge >= 0.3 is 0 Å². The number of nitrogens with zero attached hydrogens (tertiary/aromatic N) is 2. The van der Waals surface area contributed by atoms with Crippen molar-refractivity contribution in [3.8, 4) is 0 Å². The van der Waals surface area contributed by atoms with E-state index in [1.807, 2.05) is 18.7 Å². The minimum absolute atomic E-state index is 0. The second-order valence-corrected chi connectivity index (χ2v) is 8.78. The lowest BCUT2D eigenvalue weighted by Gasteiger charge is -2.28. The van der Waals surface area contributed by atoms with Crippen LogP contribution in [0.25, 0.3) is 0 Å². The summed E-state index contributed by atoms with van der Waals surface area (Å²) < 4.78 is 26.4. The lowest BCUT2D eigenvalue weighted by molar-refractivity contribution is 0.0692. The molecule has 0 spiro atoms. The van der Waals surface area contributed by atoms with E-state index in [-0.39, 0.29) is 35.3 Å². The van der Waals surface area contributed by atoms with E-state index >= 15 is 0 Å². The van der Waals surface area contributed by atoms with Crippen molar-refractivity contribution in [2.75, 3.05) is 26.7 Å². The lowest BCUT2D eigenvalue weighted by Crippen LogP contribution is -2.42. The first-order chi connectivity index (χ1) is 11.8. The van der Waals surface area contributed by atoms with Gasteiger partial charge in [-0.1, -0.05) is 6.92 Å². The summed E-state index contributed by atoms with van der Waals surface area (Å²) >= 11 is 0. The summed E-state index contributed by atoms with van der Waals surface area (Å²) in [5.41, 5.74) is 0.534. The monoisotopic (exact) mass is 403 g/mol. The minimum atomic E-state index is -3.53. The summed E-state index contributed by atoms with van der Waals surface area (Å²) in [6, 6.07) is 6.38. The molecule has 0 saturated carbocycles. The van der Waals surface area contributed by atoms with Crippen LogP contribution in [0.3, 0.4) is 0 Å². The molecule has 1 fully saturated rings. The zero-order valence-corrected chi connectivity index (χ0v) is 17.6. The Balaban J connectivity index is 0.00000338. The molecule has 1 aliphatic heterocycles. The van der Waals surface area contributed by atoms with Gasteiger partial charge in [0.2, 0.25) is 10.0 Å². The topological polar surface area (TPSA) is 69.7 Å². The van der Waals surface area contributed by atoms with Gasteiger partial charge in [0.1, 0.15) is 0 Å². The smallest absolute Gasteiger partial charge is 0.254 e. The van der Waals surface area contributed by atoms with Gasteiger partial charge in [-0.3, -0.25) is 4.79 Å². The van der Waals surface area contributed by atoms with Crippen molar-refractivity contribution in [2.45, 2.75) is 50.6 Å². The van der Waals surface area contributed by atoms with Crippen molar-refractivity contribution in [2.24, 2.45) is 0 Å². The van der Waals surface area contributed by atoms with Gasteiger partial charge in [-0.2, -0.15) is 4.31 Å². The highest BCUT2D eigenvalue weighted by Gasteiger charge is 2.27. The zero-order chi connectivity index (χ0) is 18.6. The van der Waals surface area contributed by atoms with E-state index < -0.39 is 10.0 Å². The summed E-state index contributed by atoms with van der Waals surface area (Å²) in [6.07, 6.45) is 1.85. The molecule has 8 heteroatoms. The van der Waals surface area contributed by atoms with E-state index in [4.69, 9.17) is 0 Å². The van der Waals surface area contributed by atoms with Crippen LogP contribution in [0.5, 0.6) is 0 Å². The molecule has 0 radical (unpaired) electrons. The predicted molar refractivity (Wildman–Crippen MR) is 106 cm³/mol. The van der Waals surface area contributed by atoms with E-state index in [2.05, 4.69) is 12.2 Å². The molecule has 6 nitrogen and oxygen atoms in total. The maximum Gasteiger partial charge on any atom is 0.254 e. The molecule has 0 aliphatic carbocycles. The normalized spacial score (nSPS) is 17.4. The van der Waals surface area contributed by atoms with Crippen LogP contribution < -0.4 is 5.32 Å². The first-order valence-corrected chi connectivity index (χ1v) is 10.3. The summed E-state index contributed by atoms with van der Waals surface area (Å²) in [5.74, 6) is -0.0308. The Kier molecular flexibility index (Phi) is 8.53. The molecular formula is C18H30ClN3O3S. The van der Waals surface area contributed by atoms with Crippen molar-refractivity contribution >= 4 is 28.3 Å². The van der Waals surface area contributed by atoms with Gasteiger partial charge in [0.15, 0.2) is 0 Å². The molecule has 1 aromatic carbocycles. The number of hydrogen-bond acceptors (Lipinski definition) is 4. The van der Waals surface area contributed by atoms with Crippen molar-refractivity contribution in [1.82, 2.24) is 14.5 Å². The van der Waals surface area contributed by atoms with Crippen LogP contribution in [0.4, 0.5) is 0 Å². The molecule has 1 aliphatic rings. The molecule has 0 bridgehead atoms. The second kappa shape index (κ2) is 9.69. The summed E-state index contributed by atoms with van der Waals surface area (Å²) in [7, 11) is -1.96. The number of benzene rings is 1. The Morgan fingerprint density at radius 2 is 1.88 bits per heavy atom. The third-order valence-corrected chi connectivity index (χ3v) is 6.75. The maximum atomic E-state index is 12.9. The number of hydrogen-bond donors (Lipinski definition) is 1. The number of halogens is 1. The lowest BCUT2D eigenvalue weighted by atomic mass is 10.1. The van der Waals surface area contributed by atoms with E-state index in [0.717, 1.165) is 25.9 Å². The van der Waals surface area contributed by atoms with E-state index in [1.165, 1.54) is 16.4 Å². The second-order valence-electron chi connectivity index (χ2n) is 6.78. The van der Waals surface area contributed by atoms with Gasteiger partial charge in [-0.15, -0.1) is 12.4 Å². The summed E-state index contributed by atoms with van der Waals surface area (Å²) in [6.45, 7) is 8.16. The van der Waals surface area contributed by atoms with E-state index in [9.17, 15) is 13.2 Å². The number of sulfonamides is 1. The SMILES string of the molecule is CCCN(C(=O)c1ccc(S(=O)(=O)N(C)C(C)C)cc1)C1CCNC1.Cl. The number of carbonyl (C=O) groups is 1. The van der Waals surface area contributed by atoms with Gasteiger partial charge in [-0.05, 0) is 57.5 Å². The quantitative estimate of drug-likeness (QED) is 0.758. The van der Waals surface area contributed by atoms with Crippen molar-refractivity contribution in [3.05, 3.63) is 29.8 Å². The van der Waals surface area contributed by atoms with Crippen LogP contribution in [0.2, 0.25) is 0 Å². The van der Waals surface area contributed by atoms with Crippen molar-refractivity contribution < 1.29 is 13.2 Å². The molecule has 1 unspecified atom stereocenters. The van der Waals surface area contributed by atoms with Crippen molar-refractivity contribution in [1.29, 1.82) is 0 Å². The third-order valence-electron chi connectivity index (χ3n) is 4.71. The van der Waals surface area contributed by atoms with Gasteiger partial charge in [0, 0.05) is 37.8 Å². The van der Waals surface area contributed by atoms with Gasteiger partial charge in [0.25, 0.3) is 5.91 Å². The van der Waals surface area contributed by atoms with Gasteiger partial charge in [0.05, 0.1) is 4.90 Å². The summed E-state index contributed by atoms with van der Waals surface area (Å²) in [4.78, 5) is 15.0. The molecular weight excluding hydrogens is 374 g/mol. The van der Waals surface area contributed by atoms with E-state index in [1.54, 1.807) is 19.2 Å². The molecule has 1 amide bonds. The molecule has 0 aromatic heterocycles. The van der Waals surface area contributed by atoms with Crippen LogP contribution in [0.1, 0.15) is 44.0 Å². The Labute approximate surface area is 163 Å². The largest absolute Gasteiger partial charge is 0.334 e. The van der Waals surface area contributed by atoms with Gasteiger partial charge in [-0.25, -0.2) is 8.42 Å². The van der Waals surface area contributed by atoms with Crippen LogP contribution in [0.15, 0.2) is 29.2 Å². The minimum Gasteiger partial charge on any atom is -0.334 e. The highest BCUT2D eigenvalue weighted by atomic mass is 35.5. The number of rotatable bonds is 7. The van der Waals surface area contributed by atoms with Crippen LogP contribution in [-0.4, -0.2) is 62.3 Å². The van der Waals surface area contributed by atoms with Crippen LogP contribution in [0, 0.1) is 0 Å². The molecule has 1 atom stereocenters. The average molecular weight is 404 g/mol. The molecule has 2 rings (SSSR count). The predicted octanol–water partition coefficient (Wildman–Crippen LogP) is 2.35.